The van der Waals surface area contributed by atoms with Crippen molar-refractivity contribution in [2.75, 3.05) is 18.9 Å². The van der Waals surface area contributed by atoms with Crippen LogP contribution in [0.25, 0.3) is 0 Å². The van der Waals surface area contributed by atoms with Gasteiger partial charge in [-0.15, -0.1) is 0 Å². The normalized spacial score (nSPS) is 26.6. The summed E-state index contributed by atoms with van der Waals surface area (Å²) in [5.74, 6) is 0.384. The SMILES string of the molecule is Nc1cc(C2(COC3CCCCO3)CCCC2)no1. The van der Waals surface area contributed by atoms with E-state index in [1.807, 2.05) is 6.07 Å². The summed E-state index contributed by atoms with van der Waals surface area (Å²) in [6.45, 7) is 1.47. The minimum Gasteiger partial charge on any atom is -0.368 e. The first kappa shape index (κ1) is 12.9. The van der Waals surface area contributed by atoms with Gasteiger partial charge in [0.15, 0.2) is 6.29 Å². The lowest BCUT2D eigenvalue weighted by Crippen LogP contribution is -2.33. The summed E-state index contributed by atoms with van der Waals surface area (Å²) < 4.78 is 16.7. The van der Waals surface area contributed by atoms with Gasteiger partial charge in [0.05, 0.1) is 12.3 Å². The Kier molecular flexibility index (Phi) is 3.75. The maximum atomic E-state index is 5.99. The van der Waals surface area contributed by atoms with Crippen molar-refractivity contribution >= 4 is 5.88 Å². The number of aromatic nitrogens is 1. The fourth-order valence-electron chi connectivity index (χ4n) is 3.16. The molecule has 1 aliphatic heterocycles. The quantitative estimate of drug-likeness (QED) is 0.907. The van der Waals surface area contributed by atoms with Gasteiger partial charge in [-0.2, -0.15) is 0 Å². The third kappa shape index (κ3) is 2.77. The van der Waals surface area contributed by atoms with Crippen molar-refractivity contribution in [1.82, 2.24) is 5.16 Å². The predicted octanol–water partition coefficient (Wildman–Crippen LogP) is 2.61. The number of hydrogen-bond acceptors (Lipinski definition) is 5. The summed E-state index contributed by atoms with van der Waals surface area (Å²) in [6, 6.07) is 1.84. The van der Waals surface area contributed by atoms with Crippen molar-refractivity contribution in [3.05, 3.63) is 11.8 Å². The highest BCUT2D eigenvalue weighted by Crippen LogP contribution is 2.41. The summed E-state index contributed by atoms with van der Waals surface area (Å²) in [5, 5.41) is 4.11. The molecule has 0 bridgehead atoms. The van der Waals surface area contributed by atoms with Crippen LogP contribution >= 0.6 is 0 Å². The highest BCUT2D eigenvalue weighted by atomic mass is 16.7. The molecule has 2 fully saturated rings. The Morgan fingerprint density at radius 3 is 2.79 bits per heavy atom. The molecule has 1 aromatic heterocycles. The lowest BCUT2D eigenvalue weighted by Gasteiger charge is -2.30. The van der Waals surface area contributed by atoms with Gasteiger partial charge in [-0.1, -0.05) is 18.0 Å². The Balaban J connectivity index is 1.66. The molecule has 1 saturated heterocycles. The Hall–Kier alpha value is -1.07. The molecule has 1 aliphatic carbocycles. The molecule has 2 heterocycles. The molecule has 5 nitrogen and oxygen atoms in total. The molecule has 1 saturated carbocycles. The van der Waals surface area contributed by atoms with E-state index in [0.717, 1.165) is 38.0 Å². The van der Waals surface area contributed by atoms with Crippen LogP contribution in [-0.4, -0.2) is 24.7 Å². The van der Waals surface area contributed by atoms with Crippen molar-refractivity contribution in [3.8, 4) is 0 Å². The van der Waals surface area contributed by atoms with E-state index in [1.54, 1.807) is 0 Å². The maximum Gasteiger partial charge on any atom is 0.222 e. The molecule has 19 heavy (non-hydrogen) atoms. The van der Waals surface area contributed by atoms with E-state index in [-0.39, 0.29) is 11.7 Å². The van der Waals surface area contributed by atoms with E-state index in [1.165, 1.54) is 19.3 Å². The summed E-state index contributed by atoms with van der Waals surface area (Å²) >= 11 is 0. The predicted molar refractivity (Wildman–Crippen MR) is 70.6 cm³/mol. The van der Waals surface area contributed by atoms with Crippen LogP contribution in [0.3, 0.4) is 0 Å². The summed E-state index contributed by atoms with van der Waals surface area (Å²) in [5.41, 5.74) is 6.57. The van der Waals surface area contributed by atoms with Gasteiger partial charge < -0.3 is 19.7 Å². The van der Waals surface area contributed by atoms with Gasteiger partial charge in [0.2, 0.25) is 5.88 Å². The number of ether oxygens (including phenoxy) is 2. The zero-order valence-electron chi connectivity index (χ0n) is 11.3. The molecule has 2 aliphatic rings. The smallest absolute Gasteiger partial charge is 0.222 e. The molecular weight excluding hydrogens is 244 g/mol. The third-order valence-corrected chi connectivity index (χ3v) is 4.32. The van der Waals surface area contributed by atoms with Crippen LogP contribution in [0.1, 0.15) is 50.6 Å². The Morgan fingerprint density at radius 1 is 1.32 bits per heavy atom. The zero-order valence-corrected chi connectivity index (χ0v) is 11.3. The van der Waals surface area contributed by atoms with Crippen LogP contribution in [-0.2, 0) is 14.9 Å². The molecule has 0 amide bonds. The first-order valence-electron chi connectivity index (χ1n) is 7.24. The monoisotopic (exact) mass is 266 g/mol. The number of anilines is 1. The third-order valence-electron chi connectivity index (χ3n) is 4.32. The maximum absolute atomic E-state index is 5.99. The molecule has 1 unspecified atom stereocenters. The Bertz CT molecular complexity index is 407. The molecule has 1 aromatic rings. The zero-order chi connectivity index (χ0) is 13.1. The average molecular weight is 266 g/mol. The lowest BCUT2D eigenvalue weighted by molar-refractivity contribution is -0.172. The second-order valence-corrected chi connectivity index (χ2v) is 5.71. The van der Waals surface area contributed by atoms with Crippen LogP contribution in [0.4, 0.5) is 5.88 Å². The molecule has 106 valence electrons. The minimum atomic E-state index is -0.0459. The van der Waals surface area contributed by atoms with Crippen LogP contribution in [0.2, 0.25) is 0 Å². The molecular formula is C14H22N2O3. The minimum absolute atomic E-state index is 0.0259. The van der Waals surface area contributed by atoms with Crippen molar-refractivity contribution in [2.24, 2.45) is 0 Å². The van der Waals surface area contributed by atoms with Gasteiger partial charge in [0, 0.05) is 18.1 Å². The van der Waals surface area contributed by atoms with E-state index < -0.39 is 0 Å². The van der Waals surface area contributed by atoms with E-state index in [4.69, 9.17) is 19.7 Å². The van der Waals surface area contributed by atoms with Gasteiger partial charge in [-0.05, 0) is 32.1 Å². The molecule has 3 rings (SSSR count). The molecule has 0 spiro atoms. The first-order chi connectivity index (χ1) is 9.28. The fourth-order valence-corrected chi connectivity index (χ4v) is 3.16. The van der Waals surface area contributed by atoms with Crippen LogP contribution in [0.15, 0.2) is 10.6 Å². The van der Waals surface area contributed by atoms with Crippen LogP contribution < -0.4 is 5.73 Å². The second-order valence-electron chi connectivity index (χ2n) is 5.71. The fraction of sp³-hybridized carbons (Fsp3) is 0.786. The summed E-state index contributed by atoms with van der Waals surface area (Å²) in [6.07, 6.45) is 7.88. The van der Waals surface area contributed by atoms with E-state index in [0.29, 0.717) is 12.5 Å². The number of nitrogens with zero attached hydrogens (tertiary/aromatic N) is 1. The molecule has 0 radical (unpaired) electrons. The molecule has 2 N–H and O–H groups in total. The topological polar surface area (TPSA) is 70.5 Å². The van der Waals surface area contributed by atoms with Gasteiger partial charge in [-0.3, -0.25) is 0 Å². The highest BCUT2D eigenvalue weighted by Gasteiger charge is 2.39. The van der Waals surface area contributed by atoms with E-state index in [9.17, 15) is 0 Å². The van der Waals surface area contributed by atoms with Gasteiger partial charge in [-0.25, -0.2) is 0 Å². The van der Waals surface area contributed by atoms with Crippen LogP contribution in [0.5, 0.6) is 0 Å². The van der Waals surface area contributed by atoms with Crippen molar-refractivity contribution in [1.29, 1.82) is 0 Å². The van der Waals surface area contributed by atoms with Crippen molar-refractivity contribution in [3.63, 3.8) is 0 Å². The lowest BCUT2D eigenvalue weighted by atomic mass is 9.83. The Labute approximate surface area is 113 Å². The van der Waals surface area contributed by atoms with E-state index >= 15 is 0 Å². The number of hydrogen-bond donors (Lipinski definition) is 1. The number of nitrogen functional groups attached to an aromatic ring is 1. The highest BCUT2D eigenvalue weighted by molar-refractivity contribution is 5.30. The first-order valence-corrected chi connectivity index (χ1v) is 7.24. The number of rotatable bonds is 4. The van der Waals surface area contributed by atoms with Crippen molar-refractivity contribution in [2.45, 2.75) is 56.7 Å². The van der Waals surface area contributed by atoms with Crippen LogP contribution in [0, 0.1) is 0 Å². The Morgan fingerprint density at radius 2 is 2.16 bits per heavy atom. The summed E-state index contributed by atoms with van der Waals surface area (Å²) in [4.78, 5) is 0. The molecule has 1 atom stereocenters. The second kappa shape index (κ2) is 5.51. The standard InChI is InChI=1S/C14H22N2O3/c15-12-9-11(16-19-12)14(6-2-3-7-14)10-18-13-5-1-4-8-17-13/h9,13H,1-8,10,15H2. The van der Waals surface area contributed by atoms with Gasteiger partial charge in [0.1, 0.15) is 0 Å². The molecule has 0 aromatic carbocycles. The van der Waals surface area contributed by atoms with E-state index in [2.05, 4.69) is 5.16 Å². The van der Waals surface area contributed by atoms with Gasteiger partial charge in [0.25, 0.3) is 0 Å². The average Bonchev–Trinajstić information content (AvgIpc) is 3.07. The molecule has 5 heteroatoms. The number of nitrogens with two attached hydrogens (primary N) is 1. The largest absolute Gasteiger partial charge is 0.368 e. The van der Waals surface area contributed by atoms with Gasteiger partial charge >= 0.3 is 0 Å². The summed E-state index contributed by atoms with van der Waals surface area (Å²) in [7, 11) is 0. The van der Waals surface area contributed by atoms with Crippen molar-refractivity contribution < 1.29 is 14.0 Å².